The van der Waals surface area contributed by atoms with Gasteiger partial charge in [0.2, 0.25) is 0 Å². The fourth-order valence-electron chi connectivity index (χ4n) is 9.21. The molecule has 0 spiro atoms. The quantitative estimate of drug-likeness (QED) is 0.0262. The molecule has 0 radical (unpaired) electrons. The van der Waals surface area contributed by atoms with Crippen LogP contribution < -0.4 is 0 Å². The lowest BCUT2D eigenvalue weighted by molar-refractivity contribution is -0.167. The first-order valence-electron chi connectivity index (χ1n) is 30.2. The summed E-state index contributed by atoms with van der Waals surface area (Å²) in [5.41, 5.74) is 0. The SMILES string of the molecule is CCCCCC/C=C\CCCCCCCCCC(=O)OCC(COC(=O)CCCCCCCCCCCCCCCCCCCC)OC(=O)CCCCCCCCCCCCCCCCCC. The Morgan fingerprint density at radius 3 is 0.761 bits per heavy atom. The maximum absolute atomic E-state index is 12.9. The Morgan fingerprint density at radius 1 is 0.284 bits per heavy atom. The van der Waals surface area contributed by atoms with Gasteiger partial charge in [0, 0.05) is 19.3 Å². The smallest absolute Gasteiger partial charge is 0.306 e. The molecular weight excluding hydrogens is 829 g/mol. The van der Waals surface area contributed by atoms with E-state index in [2.05, 4.69) is 32.9 Å². The van der Waals surface area contributed by atoms with Gasteiger partial charge in [0.05, 0.1) is 0 Å². The van der Waals surface area contributed by atoms with Gasteiger partial charge in [-0.05, 0) is 44.9 Å². The molecule has 0 saturated heterocycles. The Kier molecular flexibility index (Phi) is 55.2. The molecule has 0 N–H and O–H groups in total. The van der Waals surface area contributed by atoms with Crippen LogP contribution >= 0.6 is 0 Å². The number of ether oxygens (including phenoxy) is 3. The van der Waals surface area contributed by atoms with Crippen molar-refractivity contribution in [2.75, 3.05) is 13.2 Å². The summed E-state index contributed by atoms with van der Waals surface area (Å²) in [4.78, 5) is 38.2. The molecule has 0 saturated carbocycles. The molecule has 0 aromatic heterocycles. The fourth-order valence-corrected chi connectivity index (χ4v) is 9.21. The van der Waals surface area contributed by atoms with Gasteiger partial charge >= 0.3 is 17.9 Å². The number of hydrogen-bond acceptors (Lipinski definition) is 6. The molecule has 1 atom stereocenters. The number of esters is 3. The number of unbranched alkanes of at least 4 members (excludes halogenated alkanes) is 43. The van der Waals surface area contributed by atoms with E-state index < -0.39 is 6.10 Å². The number of rotatable bonds is 56. The van der Waals surface area contributed by atoms with Crippen LogP contribution in [0.1, 0.15) is 342 Å². The second-order valence-corrected chi connectivity index (χ2v) is 20.6. The maximum atomic E-state index is 12.9. The van der Waals surface area contributed by atoms with Crippen molar-refractivity contribution in [2.24, 2.45) is 0 Å². The van der Waals surface area contributed by atoms with Gasteiger partial charge in [0.25, 0.3) is 0 Å². The number of allylic oxidation sites excluding steroid dienone is 2. The molecule has 0 aliphatic rings. The monoisotopic (exact) mass is 945 g/mol. The first kappa shape index (κ1) is 65.1. The molecule has 396 valence electrons. The van der Waals surface area contributed by atoms with E-state index in [0.717, 1.165) is 57.8 Å². The van der Waals surface area contributed by atoms with Crippen LogP contribution in [0, 0.1) is 0 Å². The van der Waals surface area contributed by atoms with E-state index >= 15 is 0 Å². The van der Waals surface area contributed by atoms with Crippen LogP contribution in [0.3, 0.4) is 0 Å². The zero-order chi connectivity index (χ0) is 48.6. The highest BCUT2D eigenvalue weighted by Crippen LogP contribution is 2.18. The maximum Gasteiger partial charge on any atom is 0.306 e. The summed E-state index contributed by atoms with van der Waals surface area (Å²) >= 11 is 0. The van der Waals surface area contributed by atoms with Crippen LogP contribution in [0.5, 0.6) is 0 Å². The largest absolute Gasteiger partial charge is 0.462 e. The van der Waals surface area contributed by atoms with Crippen molar-refractivity contribution >= 4 is 17.9 Å². The number of hydrogen-bond donors (Lipinski definition) is 0. The summed E-state index contributed by atoms with van der Waals surface area (Å²) in [7, 11) is 0. The summed E-state index contributed by atoms with van der Waals surface area (Å²) in [5, 5.41) is 0. The third-order valence-electron chi connectivity index (χ3n) is 13.8. The van der Waals surface area contributed by atoms with E-state index in [1.165, 1.54) is 244 Å². The number of carbonyl (C=O) groups excluding carboxylic acids is 3. The Labute approximate surface area is 418 Å². The van der Waals surface area contributed by atoms with E-state index in [9.17, 15) is 14.4 Å². The van der Waals surface area contributed by atoms with Crippen molar-refractivity contribution in [3.05, 3.63) is 12.2 Å². The second kappa shape index (κ2) is 56.7. The highest BCUT2D eigenvalue weighted by Gasteiger charge is 2.19. The summed E-state index contributed by atoms with van der Waals surface area (Å²) in [6, 6.07) is 0. The first-order chi connectivity index (χ1) is 33.0. The lowest BCUT2D eigenvalue weighted by Gasteiger charge is -2.18. The third kappa shape index (κ3) is 55.0. The molecule has 67 heavy (non-hydrogen) atoms. The molecule has 0 fully saturated rings. The Morgan fingerprint density at radius 2 is 0.493 bits per heavy atom. The molecule has 0 aromatic carbocycles. The van der Waals surface area contributed by atoms with Crippen LogP contribution in [0.15, 0.2) is 12.2 Å². The Bertz CT molecular complexity index is 1040. The standard InChI is InChI=1S/C61H116O6/c1-4-7-10-13-16-19-22-25-28-30-31-34-36-39-42-45-48-51-54-60(63)66-57-58(56-65-59(62)53-50-47-44-41-38-35-32-27-24-21-18-15-12-9-6-3)67-61(64)55-52-49-46-43-40-37-33-29-26-23-20-17-14-11-8-5-2/h21,24,58H,4-20,22-23,25-57H2,1-3H3/b24-21-. The summed E-state index contributed by atoms with van der Waals surface area (Å²) in [5.74, 6) is -0.842. The zero-order valence-electron chi connectivity index (χ0n) is 45.5. The minimum absolute atomic E-state index is 0.0649. The minimum Gasteiger partial charge on any atom is -0.462 e. The molecule has 1 unspecified atom stereocenters. The lowest BCUT2D eigenvalue weighted by atomic mass is 10.0. The van der Waals surface area contributed by atoms with E-state index in [4.69, 9.17) is 14.2 Å². The minimum atomic E-state index is -0.766. The average Bonchev–Trinajstić information content (AvgIpc) is 3.33. The van der Waals surface area contributed by atoms with Crippen molar-refractivity contribution in [3.63, 3.8) is 0 Å². The van der Waals surface area contributed by atoms with Crippen LogP contribution in [-0.2, 0) is 28.6 Å². The molecule has 6 nitrogen and oxygen atoms in total. The molecule has 0 amide bonds. The van der Waals surface area contributed by atoms with Gasteiger partial charge in [-0.3, -0.25) is 14.4 Å². The van der Waals surface area contributed by atoms with Gasteiger partial charge in [-0.25, -0.2) is 0 Å². The molecule has 0 rings (SSSR count). The Balaban J connectivity index is 4.30. The molecule has 0 heterocycles. The van der Waals surface area contributed by atoms with Crippen LogP contribution in [0.4, 0.5) is 0 Å². The van der Waals surface area contributed by atoms with E-state index in [1.807, 2.05) is 0 Å². The summed E-state index contributed by atoms with van der Waals surface area (Å²) < 4.78 is 16.9. The van der Waals surface area contributed by atoms with E-state index in [1.54, 1.807) is 0 Å². The van der Waals surface area contributed by atoms with Crippen molar-refractivity contribution in [1.29, 1.82) is 0 Å². The topological polar surface area (TPSA) is 78.9 Å². The van der Waals surface area contributed by atoms with Crippen LogP contribution in [-0.4, -0.2) is 37.2 Å². The highest BCUT2D eigenvalue weighted by atomic mass is 16.6. The van der Waals surface area contributed by atoms with E-state index in [0.29, 0.717) is 19.3 Å². The second-order valence-electron chi connectivity index (χ2n) is 20.6. The first-order valence-corrected chi connectivity index (χ1v) is 30.2. The van der Waals surface area contributed by atoms with E-state index in [-0.39, 0.29) is 31.1 Å². The molecular formula is C61H116O6. The van der Waals surface area contributed by atoms with Crippen molar-refractivity contribution in [3.8, 4) is 0 Å². The molecule has 0 aliphatic carbocycles. The molecule has 0 aliphatic heterocycles. The molecule has 6 heteroatoms. The lowest BCUT2D eigenvalue weighted by Crippen LogP contribution is -2.30. The predicted octanol–water partition coefficient (Wildman–Crippen LogP) is 20.1. The van der Waals surface area contributed by atoms with Crippen molar-refractivity contribution in [2.45, 2.75) is 348 Å². The Hall–Kier alpha value is -1.85. The average molecular weight is 946 g/mol. The third-order valence-corrected chi connectivity index (χ3v) is 13.8. The van der Waals surface area contributed by atoms with Crippen molar-refractivity contribution < 1.29 is 28.6 Å². The van der Waals surface area contributed by atoms with Crippen LogP contribution in [0.2, 0.25) is 0 Å². The summed E-state index contributed by atoms with van der Waals surface area (Å²) in [6.45, 7) is 6.69. The van der Waals surface area contributed by atoms with Gasteiger partial charge in [-0.1, -0.05) is 290 Å². The normalized spacial score (nSPS) is 12.0. The fraction of sp³-hybridized carbons (Fsp3) is 0.918. The molecule has 0 bridgehead atoms. The number of carbonyl (C=O) groups is 3. The van der Waals surface area contributed by atoms with Crippen molar-refractivity contribution in [1.82, 2.24) is 0 Å². The van der Waals surface area contributed by atoms with Gasteiger partial charge in [0.1, 0.15) is 13.2 Å². The van der Waals surface area contributed by atoms with Gasteiger partial charge in [0.15, 0.2) is 6.10 Å². The highest BCUT2D eigenvalue weighted by molar-refractivity contribution is 5.71. The van der Waals surface area contributed by atoms with Gasteiger partial charge in [-0.15, -0.1) is 0 Å². The van der Waals surface area contributed by atoms with Gasteiger partial charge in [-0.2, -0.15) is 0 Å². The zero-order valence-corrected chi connectivity index (χ0v) is 45.5. The van der Waals surface area contributed by atoms with Gasteiger partial charge < -0.3 is 14.2 Å². The van der Waals surface area contributed by atoms with Crippen LogP contribution in [0.25, 0.3) is 0 Å². The predicted molar refractivity (Wildman–Crippen MR) is 289 cm³/mol. The molecule has 0 aromatic rings. The summed E-state index contributed by atoms with van der Waals surface area (Å²) in [6.07, 6.45) is 64.9.